The number of hydrogen-bond donors (Lipinski definition) is 1. The van der Waals surface area contributed by atoms with Gasteiger partial charge in [-0.25, -0.2) is 0 Å². The van der Waals surface area contributed by atoms with Gasteiger partial charge in [-0.15, -0.1) is 0 Å². The Hall–Kier alpha value is -0.763. The smallest absolute Gasteiger partial charge is 0.114 e. The van der Waals surface area contributed by atoms with E-state index in [2.05, 4.69) is 26.1 Å². The summed E-state index contributed by atoms with van der Waals surface area (Å²) in [6.07, 6.45) is 1.01. The average molecular weight is 179 g/mol. The van der Waals surface area contributed by atoms with Gasteiger partial charge < -0.3 is 5.11 Å². The van der Waals surface area contributed by atoms with Crippen LogP contribution in [-0.4, -0.2) is 13.9 Å². The van der Waals surface area contributed by atoms with Crippen LogP contribution in [0.5, 0.6) is 5.75 Å². The molecule has 0 fully saturated rings. The van der Waals surface area contributed by atoms with Gasteiger partial charge in [0.05, 0.1) is 8.80 Å². The van der Waals surface area contributed by atoms with Crippen LogP contribution in [0.25, 0.3) is 0 Å². The normalized spacial score (nSPS) is 10.7. The third-order valence-electron chi connectivity index (χ3n) is 2.01. The van der Waals surface area contributed by atoms with Crippen LogP contribution in [0.15, 0.2) is 18.2 Å². The van der Waals surface area contributed by atoms with Gasteiger partial charge in [-0.1, -0.05) is 32.2 Å². The molecule has 65 valence electrons. The highest BCUT2D eigenvalue weighted by molar-refractivity contribution is 6.72. The van der Waals surface area contributed by atoms with Crippen molar-refractivity contribution in [2.45, 2.75) is 26.4 Å². The highest BCUT2D eigenvalue weighted by Crippen LogP contribution is 2.10. The molecular formula is C10H15OSi. The van der Waals surface area contributed by atoms with E-state index in [0.29, 0.717) is 5.75 Å². The zero-order valence-electron chi connectivity index (χ0n) is 7.89. The van der Waals surface area contributed by atoms with Crippen molar-refractivity contribution in [1.29, 1.82) is 0 Å². The van der Waals surface area contributed by atoms with Gasteiger partial charge in [0.15, 0.2) is 0 Å². The van der Waals surface area contributed by atoms with Crippen LogP contribution in [0, 0.1) is 0 Å². The fourth-order valence-corrected chi connectivity index (χ4v) is 2.96. The Morgan fingerprint density at radius 1 is 1.33 bits per heavy atom. The number of phenols is 1. The Morgan fingerprint density at radius 2 is 2.00 bits per heavy atom. The van der Waals surface area contributed by atoms with Crippen LogP contribution >= 0.6 is 0 Å². The second-order valence-electron chi connectivity index (χ2n) is 3.16. The summed E-state index contributed by atoms with van der Waals surface area (Å²) in [4.78, 5) is 0. The topological polar surface area (TPSA) is 20.2 Å². The second kappa shape index (κ2) is 3.76. The minimum absolute atomic E-state index is 0.480. The number of rotatable bonds is 2. The molecule has 2 heteroatoms. The average Bonchev–Trinajstić information content (AvgIpc) is 2.03. The van der Waals surface area contributed by atoms with Gasteiger partial charge in [-0.05, 0) is 23.2 Å². The lowest BCUT2D eigenvalue weighted by atomic mass is 10.1. The van der Waals surface area contributed by atoms with E-state index >= 15 is 0 Å². The molecule has 0 saturated carbocycles. The highest BCUT2D eigenvalue weighted by atomic mass is 28.3. The lowest BCUT2D eigenvalue weighted by molar-refractivity contribution is 0.479. The van der Waals surface area contributed by atoms with Crippen LogP contribution in [0.2, 0.25) is 13.1 Å². The zero-order chi connectivity index (χ0) is 9.14. The van der Waals surface area contributed by atoms with Crippen molar-refractivity contribution >= 4 is 14.0 Å². The number of aryl methyl sites for hydroxylation is 1. The minimum Gasteiger partial charge on any atom is -0.508 e. The van der Waals surface area contributed by atoms with Crippen molar-refractivity contribution in [2.24, 2.45) is 0 Å². The molecule has 1 nitrogen and oxygen atoms in total. The van der Waals surface area contributed by atoms with E-state index < -0.39 is 8.80 Å². The summed E-state index contributed by atoms with van der Waals surface area (Å²) < 4.78 is 0. The molecule has 0 aliphatic carbocycles. The standard InChI is InChI=1S/C10H15OSi/c1-4-8-6-5-7-9(11)10(8)12(2)3/h5-7,11H,4H2,1-3H3. The summed E-state index contributed by atoms with van der Waals surface area (Å²) in [5.41, 5.74) is 1.30. The van der Waals surface area contributed by atoms with Gasteiger partial charge in [-0.2, -0.15) is 0 Å². The molecule has 0 bridgehead atoms. The van der Waals surface area contributed by atoms with Gasteiger partial charge in [0.25, 0.3) is 0 Å². The molecule has 0 spiro atoms. The third-order valence-corrected chi connectivity index (χ3v) is 3.59. The fraction of sp³-hybridized carbons (Fsp3) is 0.400. The summed E-state index contributed by atoms with van der Waals surface area (Å²) in [6, 6.07) is 5.81. The summed E-state index contributed by atoms with van der Waals surface area (Å²) >= 11 is 0. The van der Waals surface area contributed by atoms with Crippen LogP contribution in [0.3, 0.4) is 0 Å². The Kier molecular flexibility index (Phi) is 2.92. The third kappa shape index (κ3) is 1.69. The fourth-order valence-electron chi connectivity index (χ4n) is 1.46. The predicted octanol–water partition coefficient (Wildman–Crippen LogP) is 1.92. The molecule has 0 aliphatic heterocycles. The number of phenolic OH excluding ortho intramolecular Hbond substituents is 1. The van der Waals surface area contributed by atoms with Crippen molar-refractivity contribution in [1.82, 2.24) is 0 Å². The van der Waals surface area contributed by atoms with Crippen molar-refractivity contribution in [3.8, 4) is 5.75 Å². The molecule has 1 aromatic rings. The first kappa shape index (κ1) is 9.33. The number of aromatic hydroxyl groups is 1. The molecule has 1 aromatic carbocycles. The Labute approximate surface area is 75.7 Å². The van der Waals surface area contributed by atoms with E-state index in [1.807, 2.05) is 6.07 Å². The molecule has 0 saturated heterocycles. The largest absolute Gasteiger partial charge is 0.508 e. The molecular weight excluding hydrogens is 164 g/mol. The van der Waals surface area contributed by atoms with Gasteiger partial charge in [0, 0.05) is 0 Å². The molecule has 0 amide bonds. The second-order valence-corrected chi connectivity index (χ2v) is 5.66. The monoisotopic (exact) mass is 179 g/mol. The molecule has 1 rings (SSSR count). The first-order valence-corrected chi connectivity index (χ1v) is 6.78. The van der Waals surface area contributed by atoms with Gasteiger partial charge in [0.1, 0.15) is 5.75 Å². The Bertz CT molecular complexity index is 269. The van der Waals surface area contributed by atoms with Crippen LogP contribution < -0.4 is 5.19 Å². The van der Waals surface area contributed by atoms with Crippen LogP contribution in [-0.2, 0) is 6.42 Å². The molecule has 0 atom stereocenters. The van der Waals surface area contributed by atoms with E-state index in [0.717, 1.165) is 6.42 Å². The van der Waals surface area contributed by atoms with Crippen molar-refractivity contribution < 1.29 is 5.11 Å². The molecule has 0 unspecified atom stereocenters. The number of benzene rings is 1. The first-order chi connectivity index (χ1) is 5.66. The maximum absolute atomic E-state index is 9.62. The summed E-state index contributed by atoms with van der Waals surface area (Å²) in [5.74, 6) is 0.480. The molecule has 1 radical (unpaired) electrons. The van der Waals surface area contributed by atoms with E-state index in [-0.39, 0.29) is 0 Å². The van der Waals surface area contributed by atoms with Crippen molar-refractivity contribution in [3.05, 3.63) is 23.8 Å². The maximum Gasteiger partial charge on any atom is 0.114 e. The zero-order valence-corrected chi connectivity index (χ0v) is 8.89. The SMILES string of the molecule is CCc1cccc(O)c1[Si](C)C. The Morgan fingerprint density at radius 3 is 2.42 bits per heavy atom. The van der Waals surface area contributed by atoms with E-state index in [1.165, 1.54) is 10.8 Å². The number of hydrogen-bond acceptors (Lipinski definition) is 1. The molecule has 1 N–H and O–H groups in total. The van der Waals surface area contributed by atoms with E-state index in [9.17, 15) is 5.11 Å². The van der Waals surface area contributed by atoms with Gasteiger partial charge >= 0.3 is 0 Å². The summed E-state index contributed by atoms with van der Waals surface area (Å²) in [5, 5.41) is 10.8. The molecule has 0 heterocycles. The highest BCUT2D eigenvalue weighted by Gasteiger charge is 2.10. The van der Waals surface area contributed by atoms with Crippen molar-refractivity contribution in [3.63, 3.8) is 0 Å². The Balaban J connectivity index is 3.20. The van der Waals surface area contributed by atoms with Gasteiger partial charge in [0.2, 0.25) is 0 Å². The summed E-state index contributed by atoms with van der Waals surface area (Å²) in [7, 11) is -0.534. The molecule has 12 heavy (non-hydrogen) atoms. The van der Waals surface area contributed by atoms with Crippen LogP contribution in [0.4, 0.5) is 0 Å². The summed E-state index contributed by atoms with van der Waals surface area (Å²) in [6.45, 7) is 6.54. The predicted molar refractivity (Wildman–Crippen MR) is 54.6 cm³/mol. The lowest BCUT2D eigenvalue weighted by Gasteiger charge is -2.11. The molecule has 0 aromatic heterocycles. The maximum atomic E-state index is 9.62. The van der Waals surface area contributed by atoms with E-state index in [4.69, 9.17) is 0 Å². The van der Waals surface area contributed by atoms with Crippen molar-refractivity contribution in [2.75, 3.05) is 0 Å². The quantitative estimate of drug-likeness (QED) is 0.688. The van der Waals surface area contributed by atoms with E-state index in [1.54, 1.807) is 6.07 Å². The molecule has 0 aliphatic rings. The minimum atomic E-state index is -0.534. The van der Waals surface area contributed by atoms with Gasteiger partial charge in [-0.3, -0.25) is 0 Å². The first-order valence-electron chi connectivity index (χ1n) is 4.28. The lowest BCUT2D eigenvalue weighted by Crippen LogP contribution is -2.26. The van der Waals surface area contributed by atoms with Crippen LogP contribution in [0.1, 0.15) is 12.5 Å².